The number of aromatic nitrogens is 1. The maximum atomic E-state index is 9.26. The summed E-state index contributed by atoms with van der Waals surface area (Å²) in [6, 6.07) is 12.5. The lowest BCUT2D eigenvalue weighted by molar-refractivity contribution is 0.277. The van der Waals surface area contributed by atoms with Crippen LogP contribution in [0, 0.1) is 6.92 Å². The zero-order valence-corrected chi connectivity index (χ0v) is 9.12. The lowest BCUT2D eigenvalue weighted by Gasteiger charge is -1.98. The van der Waals surface area contributed by atoms with Crippen molar-refractivity contribution in [2.75, 3.05) is 0 Å². The highest BCUT2D eigenvalue weighted by atomic mass is 16.3. The third-order valence-corrected chi connectivity index (χ3v) is 3.22. The minimum Gasteiger partial charge on any atom is -0.390 e. The van der Waals surface area contributed by atoms with E-state index >= 15 is 0 Å². The van der Waals surface area contributed by atoms with Crippen LogP contribution in [0.5, 0.6) is 0 Å². The van der Waals surface area contributed by atoms with Gasteiger partial charge in [0.2, 0.25) is 0 Å². The largest absolute Gasteiger partial charge is 0.390 e. The van der Waals surface area contributed by atoms with E-state index in [1.54, 1.807) is 0 Å². The zero-order valence-electron chi connectivity index (χ0n) is 9.12. The van der Waals surface area contributed by atoms with Crippen molar-refractivity contribution in [3.8, 4) is 0 Å². The van der Waals surface area contributed by atoms with Gasteiger partial charge in [-0.3, -0.25) is 0 Å². The van der Waals surface area contributed by atoms with E-state index in [2.05, 4.69) is 29.2 Å². The molecule has 0 atom stereocenters. The number of H-pyrrole nitrogens is 1. The smallest absolute Gasteiger partial charge is 0.0833 e. The van der Waals surface area contributed by atoms with Crippen LogP contribution in [0.25, 0.3) is 21.7 Å². The molecule has 2 nitrogen and oxygen atoms in total. The van der Waals surface area contributed by atoms with E-state index in [1.807, 2.05) is 19.1 Å². The number of aliphatic hydroxyl groups excluding tert-OH is 1. The Morgan fingerprint density at radius 2 is 1.88 bits per heavy atom. The lowest BCUT2D eigenvalue weighted by Crippen LogP contribution is -1.84. The van der Waals surface area contributed by atoms with Crippen molar-refractivity contribution in [1.82, 2.24) is 4.98 Å². The molecule has 0 amide bonds. The lowest BCUT2D eigenvalue weighted by atomic mass is 10.1. The molecule has 2 heteroatoms. The Bertz CT molecular complexity index is 667. The molecule has 3 aromatic rings. The molecule has 3 rings (SSSR count). The summed E-state index contributed by atoms with van der Waals surface area (Å²) in [6.07, 6.45) is 0. The summed E-state index contributed by atoms with van der Waals surface area (Å²) in [5.74, 6) is 0. The van der Waals surface area contributed by atoms with Gasteiger partial charge in [0.05, 0.1) is 12.1 Å². The number of aryl methyl sites for hydroxylation is 1. The fourth-order valence-corrected chi connectivity index (χ4v) is 2.28. The molecule has 1 aromatic heterocycles. The highest BCUT2D eigenvalue weighted by Gasteiger charge is 2.08. The van der Waals surface area contributed by atoms with E-state index in [1.165, 1.54) is 16.2 Å². The van der Waals surface area contributed by atoms with Crippen LogP contribution in [-0.2, 0) is 6.61 Å². The number of rotatable bonds is 1. The van der Waals surface area contributed by atoms with Gasteiger partial charge in [-0.25, -0.2) is 0 Å². The van der Waals surface area contributed by atoms with Gasteiger partial charge in [0.25, 0.3) is 0 Å². The van der Waals surface area contributed by atoms with Gasteiger partial charge in [-0.05, 0) is 17.9 Å². The molecule has 0 aliphatic rings. The molecule has 0 radical (unpaired) electrons. The van der Waals surface area contributed by atoms with Crippen molar-refractivity contribution >= 4 is 21.7 Å². The normalized spacial score (nSPS) is 11.4. The molecule has 0 saturated carbocycles. The number of aliphatic hydroxyl groups is 1. The quantitative estimate of drug-likeness (QED) is 0.637. The number of fused-ring (bicyclic) bond motifs is 3. The first-order valence-electron chi connectivity index (χ1n) is 5.41. The van der Waals surface area contributed by atoms with Gasteiger partial charge in [0, 0.05) is 16.5 Å². The van der Waals surface area contributed by atoms with E-state index in [9.17, 15) is 5.11 Å². The van der Waals surface area contributed by atoms with Crippen LogP contribution in [0.1, 0.15) is 11.3 Å². The maximum absolute atomic E-state index is 9.26. The molecule has 80 valence electrons. The summed E-state index contributed by atoms with van der Waals surface area (Å²) in [5.41, 5.74) is 3.18. The topological polar surface area (TPSA) is 36.0 Å². The molecule has 1 heterocycles. The van der Waals surface area contributed by atoms with E-state index in [0.29, 0.717) is 0 Å². The van der Waals surface area contributed by atoms with Crippen LogP contribution in [-0.4, -0.2) is 10.1 Å². The third kappa shape index (κ3) is 1.17. The van der Waals surface area contributed by atoms with Crippen molar-refractivity contribution in [1.29, 1.82) is 0 Å². The number of benzene rings is 2. The van der Waals surface area contributed by atoms with Crippen molar-refractivity contribution in [3.63, 3.8) is 0 Å². The minimum atomic E-state index is 0.0643. The zero-order chi connectivity index (χ0) is 11.1. The predicted molar refractivity (Wildman–Crippen MR) is 66.5 cm³/mol. The Hall–Kier alpha value is -1.80. The van der Waals surface area contributed by atoms with Crippen molar-refractivity contribution in [2.24, 2.45) is 0 Å². The molecule has 0 spiro atoms. The van der Waals surface area contributed by atoms with Crippen LogP contribution >= 0.6 is 0 Å². The Labute approximate surface area is 93.5 Å². The molecule has 0 saturated heterocycles. The second-order valence-corrected chi connectivity index (χ2v) is 4.10. The Morgan fingerprint density at radius 3 is 2.69 bits per heavy atom. The van der Waals surface area contributed by atoms with Gasteiger partial charge < -0.3 is 10.1 Å². The molecule has 2 aromatic carbocycles. The minimum absolute atomic E-state index is 0.0643. The van der Waals surface area contributed by atoms with Gasteiger partial charge in [-0.2, -0.15) is 0 Å². The number of nitrogens with one attached hydrogen (secondary N) is 1. The first kappa shape index (κ1) is 9.43. The fourth-order valence-electron chi connectivity index (χ4n) is 2.28. The van der Waals surface area contributed by atoms with E-state index in [-0.39, 0.29) is 6.61 Å². The van der Waals surface area contributed by atoms with Crippen molar-refractivity contribution in [3.05, 3.63) is 47.7 Å². The predicted octanol–water partition coefficient (Wildman–Crippen LogP) is 3.12. The van der Waals surface area contributed by atoms with Crippen LogP contribution in [0.2, 0.25) is 0 Å². The molecular formula is C14H13NO. The highest BCUT2D eigenvalue weighted by Crippen LogP contribution is 2.28. The first-order chi connectivity index (χ1) is 7.81. The number of hydrogen-bond donors (Lipinski definition) is 2. The number of aromatic amines is 1. The van der Waals surface area contributed by atoms with Crippen LogP contribution in [0.15, 0.2) is 36.4 Å². The summed E-state index contributed by atoms with van der Waals surface area (Å²) in [6.45, 7) is 2.11. The Balaban J connectivity index is 2.51. The Kier molecular flexibility index (Phi) is 1.98. The van der Waals surface area contributed by atoms with Crippen molar-refractivity contribution in [2.45, 2.75) is 13.5 Å². The molecule has 2 N–H and O–H groups in total. The standard InChI is InChI=1S/C14H13NO/c1-9-11-7-6-10-4-2-3-5-12(10)14(11)15-13(9)8-16/h2-7,15-16H,8H2,1H3. The second-order valence-electron chi connectivity index (χ2n) is 4.10. The van der Waals surface area contributed by atoms with Gasteiger partial charge in [-0.1, -0.05) is 36.4 Å². The summed E-state index contributed by atoms with van der Waals surface area (Å²) in [7, 11) is 0. The van der Waals surface area contributed by atoms with Gasteiger partial charge >= 0.3 is 0 Å². The van der Waals surface area contributed by atoms with E-state index < -0.39 is 0 Å². The average Bonchev–Trinajstić information content (AvgIpc) is 2.67. The van der Waals surface area contributed by atoms with Gasteiger partial charge in [0.1, 0.15) is 0 Å². The fraction of sp³-hybridized carbons (Fsp3) is 0.143. The monoisotopic (exact) mass is 211 g/mol. The molecular weight excluding hydrogens is 198 g/mol. The average molecular weight is 211 g/mol. The van der Waals surface area contributed by atoms with Crippen LogP contribution in [0.3, 0.4) is 0 Å². The summed E-state index contributed by atoms with van der Waals surface area (Å²) < 4.78 is 0. The molecule has 0 unspecified atom stereocenters. The second kappa shape index (κ2) is 3.35. The highest BCUT2D eigenvalue weighted by molar-refractivity contribution is 6.06. The molecule has 0 aliphatic heterocycles. The van der Waals surface area contributed by atoms with E-state index in [4.69, 9.17) is 0 Å². The van der Waals surface area contributed by atoms with E-state index in [0.717, 1.165) is 16.8 Å². The maximum Gasteiger partial charge on any atom is 0.0833 e. The molecule has 0 aliphatic carbocycles. The third-order valence-electron chi connectivity index (χ3n) is 3.22. The summed E-state index contributed by atoms with van der Waals surface area (Å²) in [5, 5.41) is 12.9. The number of hydrogen-bond acceptors (Lipinski definition) is 1. The van der Waals surface area contributed by atoms with Crippen LogP contribution < -0.4 is 0 Å². The molecule has 0 fully saturated rings. The van der Waals surface area contributed by atoms with Crippen molar-refractivity contribution < 1.29 is 5.11 Å². The Morgan fingerprint density at radius 1 is 1.06 bits per heavy atom. The van der Waals surface area contributed by atoms with Gasteiger partial charge in [-0.15, -0.1) is 0 Å². The summed E-state index contributed by atoms with van der Waals surface area (Å²) >= 11 is 0. The first-order valence-corrected chi connectivity index (χ1v) is 5.41. The molecule has 0 bridgehead atoms. The summed E-state index contributed by atoms with van der Waals surface area (Å²) in [4.78, 5) is 3.31. The molecule has 16 heavy (non-hydrogen) atoms. The SMILES string of the molecule is Cc1c(CO)[nH]c2c1ccc1ccccc12. The van der Waals surface area contributed by atoms with Crippen LogP contribution in [0.4, 0.5) is 0 Å². The van der Waals surface area contributed by atoms with Gasteiger partial charge in [0.15, 0.2) is 0 Å².